The molecule has 0 amide bonds. The van der Waals surface area contributed by atoms with Gasteiger partial charge in [0.15, 0.2) is 0 Å². The van der Waals surface area contributed by atoms with E-state index in [2.05, 4.69) is 0 Å². The number of rotatable bonds is 0. The molecule has 2 fully saturated rings. The van der Waals surface area contributed by atoms with Gasteiger partial charge in [-0.15, -0.1) is 12.4 Å². The van der Waals surface area contributed by atoms with E-state index in [4.69, 9.17) is 5.73 Å². The fraction of sp³-hybridized carbons (Fsp3) is 1.00. The average molecular weight is 170 g/mol. The molecule has 0 radical (unpaired) electrons. The van der Waals surface area contributed by atoms with E-state index < -0.39 is 5.92 Å². The summed E-state index contributed by atoms with van der Waals surface area (Å²) in [7, 11) is 0. The van der Waals surface area contributed by atoms with Gasteiger partial charge in [0.05, 0.1) is 0 Å². The number of alkyl halides is 2. The van der Waals surface area contributed by atoms with Crippen molar-refractivity contribution in [2.24, 2.45) is 17.6 Å². The van der Waals surface area contributed by atoms with Crippen LogP contribution in [0.1, 0.15) is 12.8 Å². The first kappa shape index (κ1) is 8.21. The Labute approximate surface area is 64.4 Å². The molecule has 2 saturated carbocycles. The summed E-state index contributed by atoms with van der Waals surface area (Å²) in [5.41, 5.74) is 5.46. The Balaban J connectivity index is 0.000000500. The van der Waals surface area contributed by atoms with Crippen LogP contribution in [0.3, 0.4) is 0 Å². The van der Waals surface area contributed by atoms with Gasteiger partial charge in [0.25, 0.3) is 0 Å². The van der Waals surface area contributed by atoms with Crippen LogP contribution < -0.4 is 5.73 Å². The molecule has 0 saturated heterocycles. The van der Waals surface area contributed by atoms with Crippen LogP contribution in [0.5, 0.6) is 0 Å². The molecule has 10 heavy (non-hydrogen) atoms. The number of hydrogen-bond donors (Lipinski definition) is 1. The van der Waals surface area contributed by atoms with Gasteiger partial charge in [-0.2, -0.15) is 0 Å². The second-order valence-electron chi connectivity index (χ2n) is 3.17. The van der Waals surface area contributed by atoms with Gasteiger partial charge in [-0.05, 0) is 11.8 Å². The Morgan fingerprint density at radius 2 is 1.60 bits per heavy atom. The highest BCUT2D eigenvalue weighted by molar-refractivity contribution is 5.85. The summed E-state index contributed by atoms with van der Waals surface area (Å²) in [5.74, 6) is -2.08. The predicted octanol–water partition coefficient (Wildman–Crippen LogP) is 1.41. The number of fused-ring (bicyclic) bond motifs is 1. The molecule has 4 heteroatoms. The van der Waals surface area contributed by atoms with Crippen molar-refractivity contribution in [3.8, 4) is 0 Å². The highest BCUT2D eigenvalue weighted by Gasteiger charge is 2.61. The second-order valence-corrected chi connectivity index (χ2v) is 3.17. The van der Waals surface area contributed by atoms with E-state index in [0.29, 0.717) is 0 Å². The van der Waals surface area contributed by atoms with Crippen molar-refractivity contribution >= 4 is 12.4 Å². The minimum atomic E-state index is -2.38. The molecule has 2 aliphatic carbocycles. The van der Waals surface area contributed by atoms with E-state index in [1.54, 1.807) is 0 Å². The first-order valence-electron chi connectivity index (χ1n) is 3.23. The van der Waals surface area contributed by atoms with Gasteiger partial charge in [0, 0.05) is 18.9 Å². The summed E-state index contributed by atoms with van der Waals surface area (Å²) < 4.78 is 24.7. The third-order valence-electron chi connectivity index (χ3n) is 2.47. The predicted molar refractivity (Wildman–Crippen MR) is 36.4 cm³/mol. The lowest BCUT2D eigenvalue weighted by atomic mass is 10.2. The zero-order valence-corrected chi connectivity index (χ0v) is 6.20. The molecule has 2 N–H and O–H groups in total. The standard InChI is InChI=1S/C6H9F2N.ClH/c7-6(8)1-3-4(2-6)5(3)9;/h3-5H,1-2,9H2;1H/t3-,4+,5?;. The molecule has 0 aliphatic heterocycles. The number of nitrogens with two attached hydrogens (primary N) is 1. The second kappa shape index (κ2) is 2.05. The molecule has 60 valence electrons. The van der Waals surface area contributed by atoms with Gasteiger partial charge in [0.2, 0.25) is 5.92 Å². The Morgan fingerprint density at radius 1 is 1.20 bits per heavy atom. The fourth-order valence-corrected chi connectivity index (χ4v) is 1.82. The minimum Gasteiger partial charge on any atom is -0.327 e. The average Bonchev–Trinajstić information content (AvgIpc) is 2.26. The SMILES string of the molecule is Cl.NC1[C@H]2CC(F)(F)C[C@@H]12. The van der Waals surface area contributed by atoms with Crippen molar-refractivity contribution < 1.29 is 8.78 Å². The van der Waals surface area contributed by atoms with Crippen LogP contribution >= 0.6 is 12.4 Å². The molecule has 2 rings (SSSR count). The van der Waals surface area contributed by atoms with Gasteiger partial charge in [-0.1, -0.05) is 0 Å². The van der Waals surface area contributed by atoms with Crippen LogP contribution in [0.15, 0.2) is 0 Å². The maximum Gasteiger partial charge on any atom is 0.248 e. The molecule has 0 aromatic heterocycles. The van der Waals surface area contributed by atoms with Crippen LogP contribution in [-0.2, 0) is 0 Å². The van der Waals surface area contributed by atoms with E-state index in [1.165, 1.54) is 0 Å². The summed E-state index contributed by atoms with van der Waals surface area (Å²) in [6, 6.07) is 0.102. The van der Waals surface area contributed by atoms with Crippen molar-refractivity contribution in [1.82, 2.24) is 0 Å². The Kier molecular flexibility index (Phi) is 1.68. The summed E-state index contributed by atoms with van der Waals surface area (Å²) in [6.45, 7) is 0. The lowest BCUT2D eigenvalue weighted by Crippen LogP contribution is -2.19. The first-order valence-corrected chi connectivity index (χ1v) is 3.23. The van der Waals surface area contributed by atoms with Crippen LogP contribution in [0.2, 0.25) is 0 Å². The molecule has 1 unspecified atom stereocenters. The molecule has 0 bridgehead atoms. The summed E-state index contributed by atoms with van der Waals surface area (Å²) >= 11 is 0. The van der Waals surface area contributed by atoms with Gasteiger partial charge >= 0.3 is 0 Å². The lowest BCUT2D eigenvalue weighted by Gasteiger charge is -2.10. The van der Waals surface area contributed by atoms with Crippen LogP contribution in [0.4, 0.5) is 8.78 Å². The zero-order valence-electron chi connectivity index (χ0n) is 5.39. The normalized spacial score (nSPS) is 47.7. The van der Waals surface area contributed by atoms with Crippen molar-refractivity contribution in [3.05, 3.63) is 0 Å². The van der Waals surface area contributed by atoms with Crippen molar-refractivity contribution in [2.45, 2.75) is 24.8 Å². The van der Waals surface area contributed by atoms with Gasteiger partial charge < -0.3 is 5.73 Å². The quantitative estimate of drug-likeness (QED) is 0.583. The maximum absolute atomic E-state index is 12.3. The Hall–Kier alpha value is 0.110. The summed E-state index contributed by atoms with van der Waals surface area (Å²) in [6.07, 6.45) is 0.0810. The number of hydrogen-bond acceptors (Lipinski definition) is 1. The zero-order chi connectivity index (χ0) is 6.65. The van der Waals surface area contributed by atoms with Crippen molar-refractivity contribution in [2.75, 3.05) is 0 Å². The molecule has 0 spiro atoms. The van der Waals surface area contributed by atoms with Gasteiger partial charge in [-0.3, -0.25) is 0 Å². The van der Waals surface area contributed by atoms with Crippen LogP contribution in [0.25, 0.3) is 0 Å². The minimum absolute atomic E-state index is 0. The van der Waals surface area contributed by atoms with E-state index >= 15 is 0 Å². The molecule has 1 nitrogen and oxygen atoms in total. The van der Waals surface area contributed by atoms with Crippen LogP contribution in [-0.4, -0.2) is 12.0 Å². The number of halogens is 3. The summed E-state index contributed by atoms with van der Waals surface area (Å²) in [5, 5.41) is 0. The summed E-state index contributed by atoms with van der Waals surface area (Å²) in [4.78, 5) is 0. The van der Waals surface area contributed by atoms with Crippen LogP contribution in [0, 0.1) is 11.8 Å². The van der Waals surface area contributed by atoms with E-state index in [-0.39, 0.29) is 43.1 Å². The largest absolute Gasteiger partial charge is 0.327 e. The van der Waals surface area contributed by atoms with Crippen molar-refractivity contribution in [1.29, 1.82) is 0 Å². The van der Waals surface area contributed by atoms with E-state index in [1.807, 2.05) is 0 Å². The molecule has 0 aromatic carbocycles. The highest BCUT2D eigenvalue weighted by atomic mass is 35.5. The van der Waals surface area contributed by atoms with Crippen molar-refractivity contribution in [3.63, 3.8) is 0 Å². The molecule has 2 aliphatic rings. The Morgan fingerprint density at radius 3 is 1.90 bits per heavy atom. The maximum atomic E-state index is 12.3. The fourth-order valence-electron chi connectivity index (χ4n) is 1.82. The smallest absolute Gasteiger partial charge is 0.248 e. The third-order valence-corrected chi connectivity index (χ3v) is 2.47. The molecule has 3 atom stereocenters. The van der Waals surface area contributed by atoms with E-state index in [0.717, 1.165) is 0 Å². The van der Waals surface area contributed by atoms with Gasteiger partial charge in [0.1, 0.15) is 0 Å². The molecular weight excluding hydrogens is 160 g/mol. The topological polar surface area (TPSA) is 26.0 Å². The Bertz CT molecular complexity index is 137. The molecule has 0 aromatic rings. The molecular formula is C6H10ClF2N. The van der Waals surface area contributed by atoms with Gasteiger partial charge in [-0.25, -0.2) is 8.78 Å². The lowest BCUT2D eigenvalue weighted by molar-refractivity contribution is -0.00506. The monoisotopic (exact) mass is 169 g/mol. The van der Waals surface area contributed by atoms with E-state index in [9.17, 15) is 8.78 Å². The first-order chi connectivity index (χ1) is 4.10. The molecule has 0 heterocycles. The highest BCUT2D eigenvalue weighted by Crippen LogP contribution is 2.56. The third kappa shape index (κ3) is 1.01.